The number of nitrogens with zero attached hydrogens (tertiary/aromatic N) is 2. The van der Waals surface area contributed by atoms with Crippen LogP contribution in [0.2, 0.25) is 10.0 Å². The summed E-state index contributed by atoms with van der Waals surface area (Å²) in [7, 11) is 1.30. The van der Waals surface area contributed by atoms with Gasteiger partial charge < -0.3 is 22.0 Å². The molecule has 14 heteroatoms. The number of rotatable bonds is 2. The van der Waals surface area contributed by atoms with Crippen LogP contribution in [0.4, 0.5) is 0 Å². The van der Waals surface area contributed by atoms with Gasteiger partial charge in [0.25, 0.3) is 6.47 Å². The van der Waals surface area contributed by atoms with Gasteiger partial charge >= 0.3 is 65.1 Å². The molecule has 0 aliphatic heterocycles. The number of nitrogens with two attached hydrogens (primary N) is 1. The summed E-state index contributed by atoms with van der Waals surface area (Å²) < 4.78 is 22.6. The van der Waals surface area contributed by atoms with Crippen LogP contribution in [0.25, 0.3) is 0 Å². The Labute approximate surface area is 249 Å². The van der Waals surface area contributed by atoms with Crippen molar-refractivity contribution in [2.75, 3.05) is 14.1 Å². The maximum absolute atomic E-state index is 10.8. The number of aryl methyl sites for hydroxylation is 1. The number of hydrogen-bond donors (Lipinski definition) is 1. The van der Waals surface area contributed by atoms with Crippen LogP contribution in [0.1, 0.15) is 29.1 Å². The molecule has 0 radical (unpaired) electrons. The van der Waals surface area contributed by atoms with Crippen LogP contribution >= 0.6 is 48.0 Å². The van der Waals surface area contributed by atoms with E-state index in [1.54, 1.807) is 18.3 Å². The first-order chi connectivity index (χ1) is 12.9. The van der Waals surface area contributed by atoms with E-state index in [0.717, 1.165) is 10.7 Å². The molecule has 0 amide bonds. The average molecular weight is 530 g/mol. The van der Waals surface area contributed by atoms with Crippen molar-refractivity contribution in [3.8, 4) is 0 Å². The number of methoxy groups -OCH3 is 1. The van der Waals surface area contributed by atoms with Crippen molar-refractivity contribution in [3.63, 3.8) is 0 Å². The second-order valence-corrected chi connectivity index (χ2v) is 4.53. The predicted octanol–water partition coefficient (Wildman–Crippen LogP) is -2.83. The molecule has 0 aliphatic carbocycles. The van der Waals surface area contributed by atoms with Gasteiger partial charge in [0, 0.05) is 32.2 Å². The molecule has 2 heterocycles. The fraction of sp³-hybridized carbons (Fsp3) is 0.250. The first-order valence-corrected chi connectivity index (χ1v) is 6.99. The number of aromatic nitrogens is 2. The average Bonchev–Trinajstić information content (AvgIpc) is 2.60. The van der Waals surface area contributed by atoms with E-state index in [1.807, 2.05) is 13.0 Å². The summed E-state index contributed by atoms with van der Waals surface area (Å²) in [5.41, 5.74) is 5.53. The minimum Gasteiger partial charge on any atom is -1.00 e. The Kier molecular flexibility index (Phi) is 42.6. The van der Waals surface area contributed by atoms with E-state index in [2.05, 4.69) is 25.3 Å². The maximum atomic E-state index is 10.8. The van der Waals surface area contributed by atoms with E-state index >= 15 is 0 Å². The van der Waals surface area contributed by atoms with Gasteiger partial charge in [-0.3, -0.25) is 9.78 Å². The molecule has 0 aliphatic rings. The van der Waals surface area contributed by atoms with Crippen LogP contribution in [-0.4, -0.2) is 36.5 Å². The molecule has 0 spiro atoms. The van der Waals surface area contributed by atoms with Gasteiger partial charge in [0.2, 0.25) is 0 Å². The minimum atomic E-state index is -2.25. The van der Waals surface area contributed by atoms with E-state index < -0.39 is 12.9 Å². The van der Waals surface area contributed by atoms with E-state index in [-0.39, 0.29) is 105 Å². The molecular formula is C16H25Cl4N3Na2O5. The van der Waals surface area contributed by atoms with Crippen molar-refractivity contribution in [2.24, 2.45) is 5.73 Å². The summed E-state index contributed by atoms with van der Waals surface area (Å²) in [6, 6.07) is 6.62. The van der Waals surface area contributed by atoms with Crippen molar-refractivity contribution < 1.29 is 89.1 Å². The zero-order valence-electron chi connectivity index (χ0n) is 20.1. The topological polar surface area (TPSA) is 127 Å². The predicted molar refractivity (Wildman–Crippen MR) is 114 cm³/mol. The Morgan fingerprint density at radius 3 is 1.87 bits per heavy atom. The van der Waals surface area contributed by atoms with Gasteiger partial charge in [-0.25, -0.2) is 9.78 Å². The van der Waals surface area contributed by atoms with E-state index in [4.69, 9.17) is 37.4 Å². The second-order valence-electron chi connectivity index (χ2n) is 3.66. The Balaban J connectivity index is -0.0000000444. The van der Waals surface area contributed by atoms with Crippen LogP contribution in [0.5, 0.6) is 0 Å². The summed E-state index contributed by atoms with van der Waals surface area (Å²) in [6.45, 7) is -0.522. The van der Waals surface area contributed by atoms with Crippen LogP contribution in [0, 0.1) is 6.92 Å². The fourth-order valence-corrected chi connectivity index (χ4v) is 1.51. The maximum Gasteiger partial charge on any atom is 1.00 e. The second kappa shape index (κ2) is 33.9. The minimum absolute atomic E-state index is 0. The van der Waals surface area contributed by atoms with Gasteiger partial charge in [0.15, 0.2) is 0 Å². The number of carbonyl (C=O) groups excluding carboxylic acids is 2. The number of pyridine rings is 2. The van der Waals surface area contributed by atoms with Crippen molar-refractivity contribution in [2.45, 2.75) is 14.4 Å². The molecule has 0 fully saturated rings. The summed E-state index contributed by atoms with van der Waals surface area (Å²) in [5.74, 6) is -0.479. The SMILES string of the molecule is C.COC(=O)c1cc(Cl)ccn1.Cc1cc(Cl)ccn1.Cl.Cl.O=CO[O-].[2H]C([2H])([2H])N.[H-].[Na+].[Na+]. The van der Waals surface area contributed by atoms with E-state index in [1.165, 1.54) is 19.4 Å². The standard InChI is InChI=1S/C7H6ClNO2.C6H6ClN.CH5N.CH2O3.CH4.2ClH.2Na.H/c1-11-7(10)6-4-5(8)2-3-9-6;1-5-4-6(7)2-3-8-5;1-2;2-1-4-3;;;;;;/h2-4H,1H3;2-4H,1H3;2H2,1H3;1,3H;1H4;2*1H;;;/q;;;;;;;2*+1;-1/p-1/i;;1D3;;;;;;;. The molecule has 164 valence electrons. The van der Waals surface area contributed by atoms with Gasteiger partial charge in [-0.05, 0) is 38.2 Å². The van der Waals surface area contributed by atoms with Crippen LogP contribution < -0.4 is 70.1 Å². The molecule has 8 nitrogen and oxygen atoms in total. The molecule has 30 heavy (non-hydrogen) atoms. The van der Waals surface area contributed by atoms with Crippen molar-refractivity contribution in [1.29, 1.82) is 0 Å². The van der Waals surface area contributed by atoms with Gasteiger partial charge in [-0.1, -0.05) is 30.6 Å². The molecule has 2 aromatic rings. The first kappa shape index (κ1) is 37.6. The number of hydrogen-bond acceptors (Lipinski definition) is 8. The van der Waals surface area contributed by atoms with E-state index in [0.29, 0.717) is 5.02 Å². The third-order valence-electron chi connectivity index (χ3n) is 2.01. The monoisotopic (exact) mass is 528 g/mol. The number of ether oxygens (including phenoxy) is 1. The zero-order chi connectivity index (χ0) is 22.2. The zero-order valence-corrected chi connectivity index (χ0v) is 23.3. The normalized spacial score (nSPS) is 8.67. The van der Waals surface area contributed by atoms with Gasteiger partial charge in [-0.15, -0.1) is 24.8 Å². The molecule has 0 aromatic carbocycles. The quantitative estimate of drug-likeness (QED) is 0.145. The Morgan fingerprint density at radius 2 is 1.60 bits per heavy atom. The summed E-state index contributed by atoms with van der Waals surface area (Å²) in [4.78, 5) is 29.8. The fourth-order valence-electron chi connectivity index (χ4n) is 1.13. The van der Waals surface area contributed by atoms with E-state index in [9.17, 15) is 4.79 Å². The van der Waals surface area contributed by atoms with Crippen molar-refractivity contribution >= 4 is 60.5 Å². The van der Waals surface area contributed by atoms with Crippen LogP contribution in [0.3, 0.4) is 0 Å². The Morgan fingerprint density at radius 1 is 1.20 bits per heavy atom. The molecule has 0 bridgehead atoms. The van der Waals surface area contributed by atoms with Crippen LogP contribution in [-0.2, 0) is 14.4 Å². The van der Waals surface area contributed by atoms with Gasteiger partial charge in [0.05, 0.1) is 7.11 Å². The van der Waals surface area contributed by atoms with Gasteiger partial charge in [-0.2, -0.15) is 0 Å². The molecule has 2 aromatic heterocycles. The first-order valence-electron chi connectivity index (χ1n) is 7.73. The Hall–Kier alpha value is 0.320. The third kappa shape index (κ3) is 28.3. The third-order valence-corrected chi connectivity index (χ3v) is 2.48. The molecular weight excluding hydrogens is 502 g/mol. The summed E-state index contributed by atoms with van der Waals surface area (Å²) in [6.07, 6.45) is 3.15. The number of esters is 1. The molecule has 0 unspecified atom stereocenters. The number of halogens is 4. The van der Waals surface area contributed by atoms with Crippen molar-refractivity contribution in [3.05, 3.63) is 58.1 Å². The van der Waals surface area contributed by atoms with Gasteiger partial charge in [0.1, 0.15) is 5.69 Å². The summed E-state index contributed by atoms with van der Waals surface area (Å²) in [5, 5.41) is 9.65. The molecule has 0 saturated heterocycles. The van der Waals surface area contributed by atoms with Crippen LogP contribution in [0.15, 0.2) is 36.7 Å². The largest absolute Gasteiger partial charge is 1.00 e. The molecule has 0 atom stereocenters. The number of carbonyl (C=O) groups is 2. The molecule has 2 rings (SSSR count). The summed E-state index contributed by atoms with van der Waals surface area (Å²) >= 11 is 11.2. The smallest absolute Gasteiger partial charge is 1.00 e. The van der Waals surface area contributed by atoms with Crippen molar-refractivity contribution in [1.82, 2.24) is 9.97 Å². The molecule has 2 N–H and O–H groups in total. The molecule has 0 saturated carbocycles. The Bertz CT molecular complexity index is 720.